The van der Waals surface area contributed by atoms with Gasteiger partial charge in [-0.15, -0.1) is 11.8 Å². The van der Waals surface area contributed by atoms with Crippen LogP contribution in [0.4, 0.5) is 0 Å². The normalized spacial score (nSPS) is 19.5. The Hall–Kier alpha value is -0.710. The Morgan fingerprint density at radius 2 is 1.82 bits per heavy atom. The first-order chi connectivity index (χ1) is 7.65. The van der Waals surface area contributed by atoms with Gasteiger partial charge in [0.1, 0.15) is 5.54 Å². The van der Waals surface area contributed by atoms with Gasteiger partial charge in [-0.25, -0.2) is 4.79 Å². The summed E-state index contributed by atoms with van der Waals surface area (Å²) in [6.07, 6.45) is 1.77. The molecule has 4 nitrogen and oxygen atoms in total. The standard InChI is InChI=1S/C12H21NO3S/c1-11(2,3)17-7-9(14)13-12(4,10(15)16)8-5-6-8/h8H,5-7H2,1-4H3,(H,13,14)(H,15,16). The Morgan fingerprint density at radius 1 is 1.29 bits per heavy atom. The zero-order valence-electron chi connectivity index (χ0n) is 10.9. The quantitative estimate of drug-likeness (QED) is 0.791. The molecule has 0 aromatic carbocycles. The van der Waals surface area contributed by atoms with E-state index in [1.165, 1.54) is 11.8 Å². The number of thioether (sulfide) groups is 1. The molecular formula is C12H21NO3S. The van der Waals surface area contributed by atoms with Crippen molar-refractivity contribution in [3.05, 3.63) is 0 Å². The van der Waals surface area contributed by atoms with Crippen LogP contribution in [0.15, 0.2) is 0 Å². The molecule has 0 aromatic rings. The highest BCUT2D eigenvalue weighted by Crippen LogP contribution is 2.39. The van der Waals surface area contributed by atoms with E-state index in [9.17, 15) is 14.7 Å². The van der Waals surface area contributed by atoms with E-state index in [2.05, 4.69) is 5.32 Å². The molecule has 1 fully saturated rings. The van der Waals surface area contributed by atoms with E-state index in [-0.39, 0.29) is 16.6 Å². The van der Waals surface area contributed by atoms with Crippen LogP contribution >= 0.6 is 11.8 Å². The Kier molecular flexibility index (Phi) is 4.12. The van der Waals surface area contributed by atoms with Crippen LogP contribution in [0.1, 0.15) is 40.5 Å². The van der Waals surface area contributed by atoms with Crippen molar-refractivity contribution in [3.8, 4) is 0 Å². The fourth-order valence-electron chi connectivity index (χ4n) is 1.60. The van der Waals surface area contributed by atoms with Crippen molar-refractivity contribution in [1.82, 2.24) is 5.32 Å². The van der Waals surface area contributed by atoms with E-state index in [1.54, 1.807) is 6.92 Å². The maximum Gasteiger partial charge on any atom is 0.329 e. The molecule has 5 heteroatoms. The lowest BCUT2D eigenvalue weighted by Gasteiger charge is -2.27. The van der Waals surface area contributed by atoms with Crippen LogP contribution in [0.3, 0.4) is 0 Å². The fourth-order valence-corrected chi connectivity index (χ4v) is 2.23. The number of rotatable bonds is 5. The number of carbonyl (C=O) groups excluding carboxylic acids is 1. The minimum Gasteiger partial charge on any atom is -0.480 e. The van der Waals surface area contributed by atoms with Crippen LogP contribution in [-0.4, -0.2) is 33.0 Å². The molecule has 1 saturated carbocycles. The van der Waals surface area contributed by atoms with Crippen molar-refractivity contribution in [2.75, 3.05) is 5.75 Å². The van der Waals surface area contributed by atoms with Crippen molar-refractivity contribution in [2.45, 2.75) is 50.8 Å². The second kappa shape index (κ2) is 4.88. The Bertz CT molecular complexity index is 320. The SMILES string of the molecule is CC(C)(C)SCC(=O)NC(C)(C(=O)O)C1CC1. The van der Waals surface area contributed by atoms with Gasteiger partial charge in [0.25, 0.3) is 0 Å². The van der Waals surface area contributed by atoms with Crippen LogP contribution < -0.4 is 5.32 Å². The molecule has 2 N–H and O–H groups in total. The molecule has 1 amide bonds. The lowest BCUT2D eigenvalue weighted by Crippen LogP contribution is -2.54. The molecule has 98 valence electrons. The second-order valence-corrected chi connectivity index (χ2v) is 7.53. The Morgan fingerprint density at radius 3 is 2.18 bits per heavy atom. The largest absolute Gasteiger partial charge is 0.480 e. The topological polar surface area (TPSA) is 66.4 Å². The Balaban J connectivity index is 2.51. The minimum atomic E-state index is -1.09. The number of carbonyl (C=O) groups is 2. The van der Waals surface area contributed by atoms with Gasteiger partial charge >= 0.3 is 5.97 Å². The van der Waals surface area contributed by atoms with E-state index >= 15 is 0 Å². The molecule has 0 saturated heterocycles. The maximum atomic E-state index is 11.7. The van der Waals surface area contributed by atoms with Crippen LogP contribution in [-0.2, 0) is 9.59 Å². The predicted octanol–water partition coefficient (Wildman–Crippen LogP) is 1.89. The van der Waals surface area contributed by atoms with Gasteiger partial charge in [-0.2, -0.15) is 0 Å². The van der Waals surface area contributed by atoms with Gasteiger partial charge in [0.05, 0.1) is 5.75 Å². The van der Waals surface area contributed by atoms with E-state index < -0.39 is 11.5 Å². The first-order valence-corrected chi connectivity index (χ1v) is 6.82. The fraction of sp³-hybridized carbons (Fsp3) is 0.833. The predicted molar refractivity (Wildman–Crippen MR) is 69.1 cm³/mol. The van der Waals surface area contributed by atoms with Crippen molar-refractivity contribution in [1.29, 1.82) is 0 Å². The van der Waals surface area contributed by atoms with Gasteiger partial charge in [-0.05, 0) is 25.7 Å². The van der Waals surface area contributed by atoms with Crippen molar-refractivity contribution < 1.29 is 14.7 Å². The van der Waals surface area contributed by atoms with Crippen LogP contribution in [0.25, 0.3) is 0 Å². The van der Waals surface area contributed by atoms with Crippen LogP contribution in [0, 0.1) is 5.92 Å². The number of nitrogens with one attached hydrogen (secondary N) is 1. The van der Waals surface area contributed by atoms with E-state index in [1.807, 2.05) is 20.8 Å². The molecule has 0 bridgehead atoms. The van der Waals surface area contributed by atoms with Gasteiger partial charge in [-0.3, -0.25) is 4.79 Å². The highest BCUT2D eigenvalue weighted by atomic mass is 32.2. The molecule has 1 aliphatic carbocycles. The number of hydrogen-bond acceptors (Lipinski definition) is 3. The molecule has 1 rings (SSSR count). The molecule has 1 unspecified atom stereocenters. The second-order valence-electron chi connectivity index (χ2n) is 5.73. The molecule has 0 heterocycles. The summed E-state index contributed by atoms with van der Waals surface area (Å²) in [5.74, 6) is -0.738. The van der Waals surface area contributed by atoms with E-state index in [0.717, 1.165) is 12.8 Å². The number of amides is 1. The molecule has 0 spiro atoms. The number of carboxylic acids is 1. The third kappa shape index (κ3) is 4.22. The first-order valence-electron chi connectivity index (χ1n) is 5.83. The third-order valence-corrected chi connectivity index (χ3v) is 4.15. The summed E-state index contributed by atoms with van der Waals surface area (Å²) in [6.45, 7) is 7.69. The molecule has 0 aliphatic heterocycles. The maximum absolute atomic E-state index is 11.7. The van der Waals surface area contributed by atoms with Crippen molar-refractivity contribution >= 4 is 23.6 Å². The van der Waals surface area contributed by atoms with Crippen LogP contribution in [0.2, 0.25) is 0 Å². The summed E-state index contributed by atoms with van der Waals surface area (Å²) in [5, 5.41) is 11.9. The molecule has 17 heavy (non-hydrogen) atoms. The van der Waals surface area contributed by atoms with Gasteiger partial charge in [-0.1, -0.05) is 20.8 Å². The summed E-state index contributed by atoms with van der Waals surface area (Å²) in [7, 11) is 0. The molecule has 1 atom stereocenters. The number of carboxylic acid groups (broad SMARTS) is 1. The smallest absolute Gasteiger partial charge is 0.329 e. The van der Waals surface area contributed by atoms with Gasteiger partial charge in [0.2, 0.25) is 5.91 Å². The third-order valence-electron chi connectivity index (χ3n) is 2.87. The average Bonchev–Trinajstić information content (AvgIpc) is 2.96. The molecule has 0 aromatic heterocycles. The summed E-state index contributed by atoms with van der Waals surface area (Å²) >= 11 is 1.52. The van der Waals surface area contributed by atoms with E-state index in [0.29, 0.717) is 5.75 Å². The average molecular weight is 259 g/mol. The summed E-state index contributed by atoms with van der Waals surface area (Å²) in [5.41, 5.74) is -1.09. The lowest BCUT2D eigenvalue weighted by molar-refractivity contribution is -0.147. The first kappa shape index (κ1) is 14.4. The lowest BCUT2D eigenvalue weighted by atomic mass is 9.96. The van der Waals surface area contributed by atoms with Gasteiger partial charge < -0.3 is 10.4 Å². The van der Waals surface area contributed by atoms with Crippen molar-refractivity contribution in [2.24, 2.45) is 5.92 Å². The van der Waals surface area contributed by atoms with Crippen LogP contribution in [0.5, 0.6) is 0 Å². The van der Waals surface area contributed by atoms with E-state index in [4.69, 9.17) is 0 Å². The van der Waals surface area contributed by atoms with Gasteiger partial charge in [0.15, 0.2) is 0 Å². The number of hydrogen-bond donors (Lipinski definition) is 2. The zero-order chi connectivity index (χ0) is 13.3. The van der Waals surface area contributed by atoms with Crippen molar-refractivity contribution in [3.63, 3.8) is 0 Å². The minimum absolute atomic E-state index is 0.0105. The summed E-state index contributed by atoms with van der Waals surface area (Å²) in [4.78, 5) is 23.0. The monoisotopic (exact) mass is 259 g/mol. The summed E-state index contributed by atoms with van der Waals surface area (Å²) < 4.78 is 0.0105. The highest BCUT2D eigenvalue weighted by Gasteiger charge is 2.48. The highest BCUT2D eigenvalue weighted by molar-refractivity contribution is 8.01. The molecule has 0 radical (unpaired) electrons. The molecular weight excluding hydrogens is 238 g/mol. The van der Waals surface area contributed by atoms with Gasteiger partial charge in [0, 0.05) is 4.75 Å². The molecule has 1 aliphatic rings. The number of aliphatic carboxylic acids is 1. The Labute approximate surface area is 107 Å². The summed E-state index contributed by atoms with van der Waals surface area (Å²) in [6, 6.07) is 0. The zero-order valence-corrected chi connectivity index (χ0v) is 11.7.